The van der Waals surface area contributed by atoms with Gasteiger partial charge in [-0.1, -0.05) is 6.07 Å². The Morgan fingerprint density at radius 2 is 2.10 bits per heavy atom. The number of carboxylic acid groups (broad SMARTS) is 1. The summed E-state index contributed by atoms with van der Waals surface area (Å²) in [6.45, 7) is 1.64. The van der Waals surface area contributed by atoms with Gasteiger partial charge in [-0.05, 0) is 13.0 Å². The molecule has 0 aliphatic heterocycles. The monoisotopic (exact) mass is 274 g/mol. The van der Waals surface area contributed by atoms with E-state index in [2.05, 4.69) is 15.3 Å². The Morgan fingerprint density at radius 1 is 1.35 bits per heavy atom. The first-order valence-electron chi connectivity index (χ1n) is 5.55. The fourth-order valence-electron chi connectivity index (χ4n) is 1.53. The molecule has 0 aliphatic rings. The second-order valence-electron chi connectivity index (χ2n) is 3.98. The van der Waals surface area contributed by atoms with Gasteiger partial charge in [0.2, 0.25) is 0 Å². The molecular formula is C12H10N4O4. The zero-order valence-electron chi connectivity index (χ0n) is 10.4. The number of aromatic nitrogens is 2. The van der Waals surface area contributed by atoms with Gasteiger partial charge in [0, 0.05) is 17.3 Å². The molecule has 2 rings (SSSR count). The molecule has 8 heteroatoms. The van der Waals surface area contributed by atoms with Crippen LogP contribution < -0.4 is 5.32 Å². The lowest BCUT2D eigenvalue weighted by Crippen LogP contribution is -2.03. The summed E-state index contributed by atoms with van der Waals surface area (Å²) in [4.78, 5) is 28.5. The Hall–Kier alpha value is -3.03. The van der Waals surface area contributed by atoms with Crippen molar-refractivity contribution in [1.29, 1.82) is 0 Å². The quantitative estimate of drug-likeness (QED) is 0.647. The van der Waals surface area contributed by atoms with Gasteiger partial charge in [0.25, 0.3) is 5.69 Å². The molecule has 2 N–H and O–H groups in total. The van der Waals surface area contributed by atoms with Gasteiger partial charge in [-0.3, -0.25) is 10.1 Å². The molecule has 0 amide bonds. The van der Waals surface area contributed by atoms with Crippen LogP contribution in [0.15, 0.2) is 30.6 Å². The number of aryl methyl sites for hydroxylation is 1. The van der Waals surface area contributed by atoms with E-state index in [-0.39, 0.29) is 11.4 Å². The highest BCUT2D eigenvalue weighted by atomic mass is 16.6. The number of carbonyl (C=O) groups is 1. The van der Waals surface area contributed by atoms with E-state index in [4.69, 9.17) is 5.11 Å². The van der Waals surface area contributed by atoms with Gasteiger partial charge >= 0.3 is 5.97 Å². The molecule has 0 unspecified atom stereocenters. The minimum Gasteiger partial charge on any atom is -0.476 e. The van der Waals surface area contributed by atoms with E-state index in [0.717, 1.165) is 6.20 Å². The molecule has 0 atom stereocenters. The van der Waals surface area contributed by atoms with Crippen LogP contribution in [0.25, 0.3) is 0 Å². The molecule has 1 heterocycles. The third kappa shape index (κ3) is 2.86. The van der Waals surface area contributed by atoms with Gasteiger partial charge in [0.15, 0.2) is 5.69 Å². The Labute approximate surface area is 113 Å². The molecule has 0 bridgehead atoms. The molecule has 0 aliphatic carbocycles. The molecule has 0 radical (unpaired) electrons. The second-order valence-corrected chi connectivity index (χ2v) is 3.98. The number of hydrogen-bond donors (Lipinski definition) is 2. The summed E-state index contributed by atoms with van der Waals surface area (Å²) in [7, 11) is 0. The smallest absolute Gasteiger partial charge is 0.356 e. The van der Waals surface area contributed by atoms with E-state index in [1.54, 1.807) is 19.1 Å². The zero-order chi connectivity index (χ0) is 14.7. The molecule has 0 fully saturated rings. The third-order valence-electron chi connectivity index (χ3n) is 2.55. The first kappa shape index (κ1) is 13.4. The first-order chi connectivity index (χ1) is 9.47. The summed E-state index contributed by atoms with van der Waals surface area (Å²) < 4.78 is 0. The van der Waals surface area contributed by atoms with E-state index < -0.39 is 10.9 Å². The van der Waals surface area contributed by atoms with Crippen molar-refractivity contribution >= 4 is 23.2 Å². The van der Waals surface area contributed by atoms with Crippen LogP contribution in [-0.4, -0.2) is 26.0 Å². The number of nitro groups is 1. The van der Waals surface area contributed by atoms with Crippen LogP contribution in [-0.2, 0) is 0 Å². The minimum atomic E-state index is -1.17. The maximum atomic E-state index is 10.8. The van der Waals surface area contributed by atoms with Gasteiger partial charge in [-0.15, -0.1) is 0 Å². The zero-order valence-corrected chi connectivity index (χ0v) is 10.4. The molecule has 8 nitrogen and oxygen atoms in total. The summed E-state index contributed by atoms with van der Waals surface area (Å²) in [6.07, 6.45) is 2.35. The summed E-state index contributed by atoms with van der Waals surface area (Å²) in [5.41, 5.74) is 0.836. The Kier molecular flexibility index (Phi) is 3.56. The predicted octanol–water partition coefficient (Wildman–Crippen LogP) is 2.14. The molecule has 102 valence electrons. The summed E-state index contributed by atoms with van der Waals surface area (Å²) in [5.74, 6) is -0.872. The van der Waals surface area contributed by atoms with Gasteiger partial charge in [0.05, 0.1) is 17.3 Å². The molecule has 0 saturated carbocycles. The lowest BCUT2D eigenvalue weighted by molar-refractivity contribution is -0.385. The van der Waals surface area contributed by atoms with Crippen molar-refractivity contribution in [1.82, 2.24) is 9.97 Å². The maximum Gasteiger partial charge on any atom is 0.356 e. The summed E-state index contributed by atoms with van der Waals surface area (Å²) in [5, 5.41) is 22.3. The van der Waals surface area contributed by atoms with Gasteiger partial charge in [0.1, 0.15) is 5.82 Å². The predicted molar refractivity (Wildman–Crippen MR) is 70.1 cm³/mol. The molecule has 20 heavy (non-hydrogen) atoms. The van der Waals surface area contributed by atoms with E-state index in [0.29, 0.717) is 17.1 Å². The van der Waals surface area contributed by atoms with Gasteiger partial charge < -0.3 is 10.4 Å². The van der Waals surface area contributed by atoms with Crippen molar-refractivity contribution in [2.24, 2.45) is 0 Å². The SMILES string of the molecule is Cc1ccc(Nc2cnc(C(=O)O)cn2)cc1[N+](=O)[O-]. The number of anilines is 2. The molecule has 0 spiro atoms. The number of nitro benzene ring substituents is 1. The Balaban J connectivity index is 2.23. The van der Waals surface area contributed by atoms with Crippen LogP contribution in [0.5, 0.6) is 0 Å². The van der Waals surface area contributed by atoms with Crippen molar-refractivity contribution in [3.8, 4) is 0 Å². The van der Waals surface area contributed by atoms with Crippen molar-refractivity contribution in [2.75, 3.05) is 5.32 Å². The Morgan fingerprint density at radius 3 is 2.65 bits per heavy atom. The second kappa shape index (κ2) is 5.31. The number of nitrogens with zero attached hydrogens (tertiary/aromatic N) is 3. The Bertz CT molecular complexity index is 670. The highest BCUT2D eigenvalue weighted by molar-refractivity contribution is 5.85. The standard InChI is InChI=1S/C12H10N4O4/c1-7-2-3-8(4-10(7)16(19)20)15-11-6-13-9(5-14-11)12(17)18/h2-6H,1H3,(H,14,15)(H,17,18). The lowest BCUT2D eigenvalue weighted by Gasteiger charge is -2.06. The minimum absolute atomic E-state index is 0.00915. The number of rotatable bonds is 4. The van der Waals surface area contributed by atoms with Crippen LogP contribution in [0, 0.1) is 17.0 Å². The van der Waals surface area contributed by atoms with Crippen molar-refractivity contribution < 1.29 is 14.8 Å². The molecule has 0 saturated heterocycles. The maximum absolute atomic E-state index is 10.8. The fraction of sp³-hybridized carbons (Fsp3) is 0.0833. The van der Waals surface area contributed by atoms with E-state index in [1.165, 1.54) is 12.3 Å². The van der Waals surface area contributed by atoms with Crippen LogP contribution in [0.4, 0.5) is 17.2 Å². The van der Waals surface area contributed by atoms with Gasteiger partial charge in [-0.2, -0.15) is 0 Å². The van der Waals surface area contributed by atoms with E-state index >= 15 is 0 Å². The number of aromatic carboxylic acids is 1. The average Bonchev–Trinajstić information content (AvgIpc) is 2.41. The average molecular weight is 274 g/mol. The fourth-order valence-corrected chi connectivity index (χ4v) is 1.53. The third-order valence-corrected chi connectivity index (χ3v) is 2.55. The summed E-state index contributed by atoms with van der Waals surface area (Å²) >= 11 is 0. The molecule has 1 aromatic carbocycles. The van der Waals surface area contributed by atoms with Crippen molar-refractivity contribution in [3.05, 3.63) is 52.0 Å². The normalized spacial score (nSPS) is 10.1. The van der Waals surface area contributed by atoms with E-state index in [1.807, 2.05) is 0 Å². The molecule has 2 aromatic rings. The largest absolute Gasteiger partial charge is 0.476 e. The number of nitrogens with one attached hydrogen (secondary N) is 1. The topological polar surface area (TPSA) is 118 Å². The summed E-state index contributed by atoms with van der Waals surface area (Å²) in [6, 6.07) is 4.65. The van der Waals surface area contributed by atoms with Crippen LogP contribution in [0.2, 0.25) is 0 Å². The van der Waals surface area contributed by atoms with Crippen molar-refractivity contribution in [3.63, 3.8) is 0 Å². The molecule has 1 aromatic heterocycles. The van der Waals surface area contributed by atoms with E-state index in [9.17, 15) is 14.9 Å². The molecular weight excluding hydrogens is 264 g/mol. The van der Waals surface area contributed by atoms with Crippen LogP contribution >= 0.6 is 0 Å². The highest BCUT2D eigenvalue weighted by Gasteiger charge is 2.11. The lowest BCUT2D eigenvalue weighted by atomic mass is 10.2. The highest BCUT2D eigenvalue weighted by Crippen LogP contribution is 2.24. The van der Waals surface area contributed by atoms with Crippen LogP contribution in [0.3, 0.4) is 0 Å². The van der Waals surface area contributed by atoms with Crippen LogP contribution in [0.1, 0.15) is 16.1 Å². The number of benzene rings is 1. The first-order valence-corrected chi connectivity index (χ1v) is 5.55. The number of hydrogen-bond acceptors (Lipinski definition) is 6. The number of carboxylic acids is 1. The van der Waals surface area contributed by atoms with Crippen molar-refractivity contribution in [2.45, 2.75) is 6.92 Å². The van der Waals surface area contributed by atoms with Gasteiger partial charge in [-0.25, -0.2) is 14.8 Å².